The first kappa shape index (κ1) is 25.0. The van der Waals surface area contributed by atoms with Crippen LogP contribution in [0.4, 0.5) is 5.69 Å². The highest BCUT2D eigenvalue weighted by atomic mass is 35.5. The van der Waals surface area contributed by atoms with Gasteiger partial charge < -0.3 is 19.9 Å². The van der Waals surface area contributed by atoms with Crippen LogP contribution in [0.3, 0.4) is 0 Å². The molecule has 2 N–H and O–H groups in total. The summed E-state index contributed by atoms with van der Waals surface area (Å²) in [6, 6.07) is 20.2. The van der Waals surface area contributed by atoms with Crippen LogP contribution in [0.5, 0.6) is 0 Å². The second-order valence-corrected chi connectivity index (χ2v) is 9.92. The maximum absolute atomic E-state index is 13.8. The number of carbonyl (C=O) groups is 2. The molecule has 0 aliphatic carbocycles. The summed E-state index contributed by atoms with van der Waals surface area (Å²) in [7, 11) is 0. The van der Waals surface area contributed by atoms with Gasteiger partial charge in [0.15, 0.2) is 0 Å². The monoisotopic (exact) mass is 516 g/mol. The van der Waals surface area contributed by atoms with Gasteiger partial charge in [-0.25, -0.2) is 4.98 Å². The number of para-hydroxylation sites is 1. The van der Waals surface area contributed by atoms with Crippen LogP contribution in [-0.4, -0.2) is 39.1 Å². The first-order valence-electron chi connectivity index (χ1n) is 12.4. The van der Waals surface area contributed by atoms with E-state index in [0.29, 0.717) is 23.6 Å². The van der Waals surface area contributed by atoms with Crippen LogP contribution in [0.15, 0.2) is 66.7 Å². The van der Waals surface area contributed by atoms with E-state index in [2.05, 4.69) is 10.3 Å². The number of rotatable bonds is 6. The number of aliphatic hydroxyl groups is 1. The third kappa shape index (κ3) is 4.97. The number of imidazole rings is 1. The summed E-state index contributed by atoms with van der Waals surface area (Å²) in [4.78, 5) is 33.1. The fourth-order valence-corrected chi connectivity index (χ4v) is 5.32. The Morgan fingerprint density at radius 1 is 1.11 bits per heavy atom. The lowest BCUT2D eigenvalue weighted by molar-refractivity contribution is -0.121. The highest BCUT2D eigenvalue weighted by molar-refractivity contribution is 6.30. The zero-order chi connectivity index (χ0) is 26.1. The van der Waals surface area contributed by atoms with Crippen molar-refractivity contribution >= 4 is 40.1 Å². The third-order valence-corrected chi connectivity index (χ3v) is 7.18. The maximum atomic E-state index is 13.8. The molecule has 0 unspecified atom stereocenters. The van der Waals surface area contributed by atoms with Crippen LogP contribution >= 0.6 is 11.6 Å². The summed E-state index contributed by atoms with van der Waals surface area (Å²) in [6.07, 6.45) is 0.858. The Bertz CT molecular complexity index is 1460. The first-order chi connectivity index (χ1) is 17.9. The topological polar surface area (TPSA) is 87.5 Å². The van der Waals surface area contributed by atoms with Gasteiger partial charge in [-0.2, -0.15) is 0 Å². The van der Waals surface area contributed by atoms with Crippen LogP contribution in [0, 0.1) is 6.92 Å². The molecule has 2 amide bonds. The minimum absolute atomic E-state index is 0.0203. The van der Waals surface area contributed by atoms with E-state index in [4.69, 9.17) is 11.6 Å². The SMILES string of the molecule is Cc1nc2cc(C(=O)N3c4ccccc4[C@H](NC(=O)Cc4ccc(Cl)cc4)C[C@@H]3C)ccc2n1CCO. The van der Waals surface area contributed by atoms with Crippen molar-refractivity contribution in [3.63, 3.8) is 0 Å². The van der Waals surface area contributed by atoms with Crippen molar-refractivity contribution in [2.45, 2.75) is 45.3 Å². The average molecular weight is 517 g/mol. The van der Waals surface area contributed by atoms with Crippen LogP contribution in [0.25, 0.3) is 11.0 Å². The molecule has 0 saturated heterocycles. The lowest BCUT2D eigenvalue weighted by Crippen LogP contribution is -2.46. The van der Waals surface area contributed by atoms with E-state index < -0.39 is 0 Å². The molecule has 0 saturated carbocycles. The Balaban J connectivity index is 1.40. The summed E-state index contributed by atoms with van der Waals surface area (Å²) in [5, 5.41) is 13.2. The number of fused-ring (bicyclic) bond motifs is 2. The number of hydrogen-bond donors (Lipinski definition) is 2. The first-order valence-corrected chi connectivity index (χ1v) is 12.8. The summed E-state index contributed by atoms with van der Waals surface area (Å²) in [5.41, 5.74) is 4.77. The van der Waals surface area contributed by atoms with Crippen molar-refractivity contribution in [1.82, 2.24) is 14.9 Å². The van der Waals surface area contributed by atoms with E-state index in [9.17, 15) is 14.7 Å². The van der Waals surface area contributed by atoms with E-state index in [0.717, 1.165) is 33.7 Å². The van der Waals surface area contributed by atoms with E-state index >= 15 is 0 Å². The smallest absolute Gasteiger partial charge is 0.258 e. The van der Waals surface area contributed by atoms with Gasteiger partial charge in [0.05, 0.1) is 30.1 Å². The minimum atomic E-state index is -0.200. The zero-order valence-electron chi connectivity index (χ0n) is 20.8. The molecule has 1 aliphatic rings. The molecule has 0 radical (unpaired) electrons. The number of aromatic nitrogens is 2. The Morgan fingerprint density at radius 2 is 1.86 bits per heavy atom. The second-order valence-electron chi connectivity index (χ2n) is 9.48. The second kappa shape index (κ2) is 10.4. The molecule has 7 nitrogen and oxygen atoms in total. The van der Waals surface area contributed by atoms with Crippen molar-refractivity contribution in [3.05, 3.63) is 94.3 Å². The molecule has 190 valence electrons. The predicted octanol–water partition coefficient (Wildman–Crippen LogP) is 4.83. The standard InChI is InChI=1S/C29H29ClN4O3/c1-18-15-24(32-28(36)16-20-7-10-22(30)11-8-20)23-5-3-4-6-26(23)34(18)29(37)21-9-12-27-25(17-21)31-19(2)33(27)13-14-35/h3-12,17-18,24,35H,13-16H2,1-2H3,(H,32,36)/t18-,24+/m0/s1. The van der Waals surface area contributed by atoms with E-state index in [1.54, 1.807) is 12.1 Å². The number of anilines is 1. The normalized spacial score (nSPS) is 17.0. The number of hydrogen-bond acceptors (Lipinski definition) is 4. The van der Waals surface area contributed by atoms with E-state index in [-0.39, 0.29) is 36.9 Å². The number of carbonyl (C=O) groups excluding carboxylic acids is 2. The number of amides is 2. The van der Waals surface area contributed by atoms with Gasteiger partial charge in [0, 0.05) is 28.9 Å². The molecule has 1 aromatic heterocycles. The quantitative estimate of drug-likeness (QED) is 0.384. The van der Waals surface area contributed by atoms with Gasteiger partial charge in [-0.05, 0) is 67.8 Å². The largest absolute Gasteiger partial charge is 0.395 e. The van der Waals surface area contributed by atoms with Crippen molar-refractivity contribution in [2.24, 2.45) is 0 Å². The Morgan fingerprint density at radius 3 is 2.62 bits per heavy atom. The molecule has 0 bridgehead atoms. The number of halogens is 1. The van der Waals surface area contributed by atoms with Gasteiger partial charge in [-0.1, -0.05) is 41.9 Å². The number of nitrogens with one attached hydrogen (secondary N) is 1. The van der Waals surface area contributed by atoms with Crippen LogP contribution < -0.4 is 10.2 Å². The maximum Gasteiger partial charge on any atom is 0.258 e. The molecule has 3 aromatic carbocycles. The average Bonchev–Trinajstić information content (AvgIpc) is 3.19. The molecule has 37 heavy (non-hydrogen) atoms. The fourth-order valence-electron chi connectivity index (χ4n) is 5.20. The summed E-state index contributed by atoms with van der Waals surface area (Å²) >= 11 is 5.96. The molecule has 5 rings (SSSR count). The summed E-state index contributed by atoms with van der Waals surface area (Å²) in [6.45, 7) is 4.37. The van der Waals surface area contributed by atoms with Gasteiger partial charge in [-0.15, -0.1) is 0 Å². The van der Waals surface area contributed by atoms with Gasteiger partial charge >= 0.3 is 0 Å². The van der Waals surface area contributed by atoms with Crippen LogP contribution in [0.1, 0.15) is 46.7 Å². The molecule has 1 aliphatic heterocycles. The Hall–Kier alpha value is -3.68. The summed E-state index contributed by atoms with van der Waals surface area (Å²) in [5.74, 6) is 0.609. The minimum Gasteiger partial charge on any atom is -0.395 e. The highest BCUT2D eigenvalue weighted by Gasteiger charge is 2.35. The molecular formula is C29H29ClN4O3. The number of nitrogens with zero attached hydrogens (tertiary/aromatic N) is 3. The lowest BCUT2D eigenvalue weighted by Gasteiger charge is -2.39. The number of aliphatic hydroxyl groups excluding tert-OH is 1. The lowest BCUT2D eigenvalue weighted by atomic mass is 9.90. The van der Waals surface area contributed by atoms with Gasteiger partial charge in [0.1, 0.15) is 5.82 Å². The van der Waals surface area contributed by atoms with E-state index in [1.165, 1.54) is 0 Å². The number of benzene rings is 3. The van der Waals surface area contributed by atoms with Crippen molar-refractivity contribution < 1.29 is 14.7 Å². The molecule has 4 aromatic rings. The van der Waals surface area contributed by atoms with Gasteiger partial charge in [0.25, 0.3) is 5.91 Å². The Kier molecular flexibility index (Phi) is 7.00. The van der Waals surface area contributed by atoms with Crippen LogP contribution in [-0.2, 0) is 17.8 Å². The number of aryl methyl sites for hydroxylation is 1. The van der Waals surface area contributed by atoms with Crippen molar-refractivity contribution in [2.75, 3.05) is 11.5 Å². The van der Waals surface area contributed by atoms with E-state index in [1.807, 2.05) is 77.9 Å². The van der Waals surface area contributed by atoms with Crippen molar-refractivity contribution in [3.8, 4) is 0 Å². The molecular weight excluding hydrogens is 488 g/mol. The highest BCUT2D eigenvalue weighted by Crippen LogP contribution is 2.38. The van der Waals surface area contributed by atoms with Crippen LogP contribution in [0.2, 0.25) is 5.02 Å². The molecule has 0 fully saturated rings. The molecule has 2 heterocycles. The zero-order valence-corrected chi connectivity index (χ0v) is 21.6. The molecule has 0 spiro atoms. The van der Waals surface area contributed by atoms with Gasteiger partial charge in [-0.3, -0.25) is 9.59 Å². The third-order valence-electron chi connectivity index (χ3n) is 6.93. The van der Waals surface area contributed by atoms with Gasteiger partial charge in [0.2, 0.25) is 5.91 Å². The summed E-state index contributed by atoms with van der Waals surface area (Å²) < 4.78 is 1.94. The fraction of sp³-hybridized carbons (Fsp3) is 0.276. The Labute approximate surface area is 220 Å². The van der Waals surface area contributed by atoms with Crippen molar-refractivity contribution in [1.29, 1.82) is 0 Å². The predicted molar refractivity (Wildman–Crippen MR) is 145 cm³/mol. The molecule has 8 heteroatoms. The molecule has 2 atom stereocenters.